The van der Waals surface area contributed by atoms with Crippen LogP contribution >= 0.6 is 0 Å². The summed E-state index contributed by atoms with van der Waals surface area (Å²) in [5.41, 5.74) is 2.79. The second kappa shape index (κ2) is 10.2. The molecule has 5 nitrogen and oxygen atoms in total. The molecule has 1 fully saturated rings. The van der Waals surface area contributed by atoms with Gasteiger partial charge in [0.15, 0.2) is 0 Å². The summed E-state index contributed by atoms with van der Waals surface area (Å²) in [5.74, 6) is 0.792. The van der Waals surface area contributed by atoms with E-state index >= 15 is 0 Å². The van der Waals surface area contributed by atoms with Crippen molar-refractivity contribution in [3.05, 3.63) is 72.3 Å². The van der Waals surface area contributed by atoms with Crippen LogP contribution in [0, 0.1) is 11.7 Å². The standard InChI is InChI=1S/C25H27FN4O/c26-22-10-4-8-19(14-22)21-16-28-25(29-17-21)30-23-11-5-9-20(15-23)24(31)27-13-12-18-6-2-1-3-7-18/h4-5,8-11,14-18H,1-3,6-7,12-13H2,(H,27,31)(H,28,29,30). The van der Waals surface area contributed by atoms with Gasteiger partial charge in [0.2, 0.25) is 5.95 Å². The zero-order chi connectivity index (χ0) is 21.5. The number of hydrogen-bond acceptors (Lipinski definition) is 4. The van der Waals surface area contributed by atoms with Crippen LogP contribution in [0.1, 0.15) is 48.9 Å². The maximum absolute atomic E-state index is 13.4. The van der Waals surface area contributed by atoms with Gasteiger partial charge >= 0.3 is 0 Å². The molecule has 1 aromatic heterocycles. The molecule has 1 aliphatic rings. The van der Waals surface area contributed by atoms with Gasteiger partial charge in [0.1, 0.15) is 5.82 Å². The molecule has 31 heavy (non-hydrogen) atoms. The lowest BCUT2D eigenvalue weighted by Gasteiger charge is -2.21. The Balaban J connectivity index is 1.34. The highest BCUT2D eigenvalue weighted by Crippen LogP contribution is 2.26. The van der Waals surface area contributed by atoms with Crippen molar-refractivity contribution < 1.29 is 9.18 Å². The third kappa shape index (κ3) is 5.87. The quantitative estimate of drug-likeness (QED) is 0.514. The number of nitrogens with zero attached hydrogens (tertiary/aromatic N) is 2. The van der Waals surface area contributed by atoms with E-state index < -0.39 is 0 Å². The van der Waals surface area contributed by atoms with Gasteiger partial charge in [-0.3, -0.25) is 4.79 Å². The Morgan fingerprint density at radius 2 is 1.74 bits per heavy atom. The molecule has 0 spiro atoms. The van der Waals surface area contributed by atoms with Crippen molar-refractivity contribution in [1.82, 2.24) is 15.3 Å². The fourth-order valence-corrected chi connectivity index (χ4v) is 4.04. The lowest BCUT2D eigenvalue weighted by atomic mass is 9.87. The molecule has 1 aliphatic carbocycles. The maximum Gasteiger partial charge on any atom is 0.251 e. The normalized spacial score (nSPS) is 14.2. The first-order chi connectivity index (χ1) is 15.2. The van der Waals surface area contributed by atoms with Crippen molar-refractivity contribution in [2.45, 2.75) is 38.5 Å². The van der Waals surface area contributed by atoms with E-state index in [0.717, 1.165) is 29.2 Å². The Bertz CT molecular complexity index is 1020. The molecule has 0 unspecified atom stereocenters. The zero-order valence-electron chi connectivity index (χ0n) is 17.5. The SMILES string of the molecule is O=C(NCCC1CCCCC1)c1cccc(Nc2ncc(-c3cccc(F)c3)cn2)c1. The molecule has 0 atom stereocenters. The summed E-state index contributed by atoms with van der Waals surface area (Å²) in [5, 5.41) is 6.16. The van der Waals surface area contributed by atoms with Gasteiger partial charge in [0.25, 0.3) is 5.91 Å². The van der Waals surface area contributed by atoms with E-state index in [1.165, 1.54) is 44.2 Å². The number of hydrogen-bond donors (Lipinski definition) is 2. The van der Waals surface area contributed by atoms with Gasteiger partial charge in [-0.15, -0.1) is 0 Å². The smallest absolute Gasteiger partial charge is 0.251 e. The second-order valence-electron chi connectivity index (χ2n) is 8.06. The van der Waals surface area contributed by atoms with Gasteiger partial charge < -0.3 is 10.6 Å². The molecule has 160 valence electrons. The van der Waals surface area contributed by atoms with E-state index in [9.17, 15) is 9.18 Å². The van der Waals surface area contributed by atoms with E-state index in [2.05, 4.69) is 20.6 Å². The summed E-state index contributed by atoms with van der Waals surface area (Å²) in [7, 11) is 0. The first-order valence-electron chi connectivity index (χ1n) is 10.9. The molecule has 0 bridgehead atoms. The minimum atomic E-state index is -0.298. The van der Waals surface area contributed by atoms with Crippen LogP contribution in [0.3, 0.4) is 0 Å². The Kier molecular flexibility index (Phi) is 6.87. The summed E-state index contributed by atoms with van der Waals surface area (Å²) in [4.78, 5) is 21.1. The Labute approximate surface area is 182 Å². The minimum Gasteiger partial charge on any atom is -0.352 e. The monoisotopic (exact) mass is 418 g/mol. The number of anilines is 2. The van der Waals surface area contributed by atoms with Crippen molar-refractivity contribution in [2.75, 3.05) is 11.9 Å². The maximum atomic E-state index is 13.4. The average Bonchev–Trinajstić information content (AvgIpc) is 2.80. The van der Waals surface area contributed by atoms with Gasteiger partial charge in [-0.1, -0.05) is 50.3 Å². The number of aromatic nitrogens is 2. The lowest BCUT2D eigenvalue weighted by molar-refractivity contribution is 0.0950. The Morgan fingerprint density at radius 3 is 2.52 bits per heavy atom. The van der Waals surface area contributed by atoms with Crippen LogP contribution in [0.5, 0.6) is 0 Å². The van der Waals surface area contributed by atoms with Crippen LogP contribution in [0.15, 0.2) is 60.9 Å². The van der Waals surface area contributed by atoms with Crippen LogP contribution in [-0.2, 0) is 0 Å². The van der Waals surface area contributed by atoms with Gasteiger partial charge in [0.05, 0.1) is 0 Å². The highest BCUT2D eigenvalue weighted by Gasteiger charge is 2.14. The predicted molar refractivity (Wildman–Crippen MR) is 121 cm³/mol. The van der Waals surface area contributed by atoms with E-state index in [1.807, 2.05) is 18.2 Å². The molecule has 0 radical (unpaired) electrons. The number of carbonyl (C=O) groups is 1. The molecule has 4 rings (SSSR count). The van der Waals surface area contributed by atoms with Gasteiger partial charge in [-0.25, -0.2) is 14.4 Å². The second-order valence-corrected chi connectivity index (χ2v) is 8.06. The summed E-state index contributed by atoms with van der Waals surface area (Å²) in [6, 6.07) is 13.6. The van der Waals surface area contributed by atoms with Crippen molar-refractivity contribution in [2.24, 2.45) is 5.92 Å². The summed E-state index contributed by atoms with van der Waals surface area (Å²) in [6.45, 7) is 0.714. The molecule has 1 saturated carbocycles. The fraction of sp³-hybridized carbons (Fsp3) is 0.320. The van der Waals surface area contributed by atoms with E-state index in [-0.39, 0.29) is 11.7 Å². The number of amides is 1. The van der Waals surface area contributed by atoms with Crippen molar-refractivity contribution in [3.8, 4) is 11.1 Å². The minimum absolute atomic E-state index is 0.0678. The number of rotatable bonds is 7. The van der Waals surface area contributed by atoms with Crippen molar-refractivity contribution in [3.63, 3.8) is 0 Å². The molecule has 0 aliphatic heterocycles. The average molecular weight is 419 g/mol. The van der Waals surface area contributed by atoms with Crippen LogP contribution in [0.2, 0.25) is 0 Å². The lowest BCUT2D eigenvalue weighted by Crippen LogP contribution is -2.26. The van der Waals surface area contributed by atoms with Crippen molar-refractivity contribution in [1.29, 1.82) is 0 Å². The van der Waals surface area contributed by atoms with Gasteiger partial charge in [-0.05, 0) is 48.2 Å². The summed E-state index contributed by atoms with van der Waals surface area (Å²) in [6.07, 6.45) is 10.9. The van der Waals surface area contributed by atoms with Crippen molar-refractivity contribution >= 4 is 17.5 Å². The fourth-order valence-electron chi connectivity index (χ4n) is 4.04. The third-order valence-corrected chi connectivity index (χ3v) is 5.75. The number of carbonyl (C=O) groups excluding carboxylic acids is 1. The van der Waals surface area contributed by atoms with Crippen LogP contribution in [-0.4, -0.2) is 22.4 Å². The molecule has 0 saturated heterocycles. The highest BCUT2D eigenvalue weighted by molar-refractivity contribution is 5.95. The molecule has 2 N–H and O–H groups in total. The third-order valence-electron chi connectivity index (χ3n) is 5.75. The van der Waals surface area contributed by atoms with Crippen LogP contribution < -0.4 is 10.6 Å². The van der Waals surface area contributed by atoms with Gasteiger partial charge in [-0.2, -0.15) is 0 Å². The largest absolute Gasteiger partial charge is 0.352 e. The van der Waals surface area contributed by atoms with Crippen LogP contribution in [0.25, 0.3) is 11.1 Å². The molecular formula is C25H27FN4O. The predicted octanol–water partition coefficient (Wildman–Crippen LogP) is 5.73. The number of benzene rings is 2. The van der Waals surface area contributed by atoms with Crippen LogP contribution in [0.4, 0.5) is 16.0 Å². The first-order valence-corrected chi connectivity index (χ1v) is 10.9. The molecule has 6 heteroatoms. The topological polar surface area (TPSA) is 66.9 Å². The number of halogens is 1. The van der Waals surface area contributed by atoms with E-state index in [0.29, 0.717) is 18.1 Å². The first kappa shape index (κ1) is 21.0. The number of nitrogens with one attached hydrogen (secondary N) is 2. The summed E-state index contributed by atoms with van der Waals surface area (Å²) >= 11 is 0. The molecular weight excluding hydrogens is 391 g/mol. The molecule has 3 aromatic rings. The molecule has 1 amide bonds. The Morgan fingerprint density at radius 1 is 0.968 bits per heavy atom. The van der Waals surface area contributed by atoms with Gasteiger partial charge in [0, 0.05) is 35.8 Å². The molecule has 2 aromatic carbocycles. The van der Waals surface area contributed by atoms with E-state index in [1.54, 1.807) is 30.6 Å². The highest BCUT2D eigenvalue weighted by atomic mass is 19.1. The van der Waals surface area contributed by atoms with E-state index in [4.69, 9.17) is 0 Å². The zero-order valence-corrected chi connectivity index (χ0v) is 17.5. The Hall–Kier alpha value is -3.28. The summed E-state index contributed by atoms with van der Waals surface area (Å²) < 4.78 is 13.4. The molecule has 1 heterocycles.